The predicted octanol–water partition coefficient (Wildman–Crippen LogP) is 1.99. The zero-order chi connectivity index (χ0) is 17.2. The van der Waals surface area contributed by atoms with Crippen molar-refractivity contribution < 1.29 is 21.9 Å². The van der Waals surface area contributed by atoms with Crippen molar-refractivity contribution in [3.8, 4) is 5.88 Å². The van der Waals surface area contributed by atoms with E-state index in [1.165, 1.54) is 6.20 Å². The molecule has 0 spiro atoms. The number of ether oxygens (including phenoxy) is 1. The van der Waals surface area contributed by atoms with E-state index in [1.54, 1.807) is 12.1 Å². The number of sulfonamides is 1. The summed E-state index contributed by atoms with van der Waals surface area (Å²) in [7, 11) is -4.22. The van der Waals surface area contributed by atoms with E-state index in [9.17, 15) is 17.2 Å². The Bertz CT molecular complexity index is 790. The number of halogens is 2. The summed E-state index contributed by atoms with van der Waals surface area (Å²) < 4.78 is 59.2. The third-order valence-corrected chi connectivity index (χ3v) is 5.70. The molecule has 24 heavy (non-hydrogen) atoms. The Labute approximate surface area is 138 Å². The number of nitrogens with zero attached hydrogens (tertiary/aromatic N) is 3. The summed E-state index contributed by atoms with van der Waals surface area (Å²) in [5, 5.41) is 7.51. The molecule has 0 atom stereocenters. The van der Waals surface area contributed by atoms with Gasteiger partial charge in [0.25, 0.3) is 0 Å². The summed E-state index contributed by atoms with van der Waals surface area (Å²) in [6.45, 7) is 0.224. The zero-order valence-corrected chi connectivity index (χ0v) is 13.4. The van der Waals surface area contributed by atoms with Crippen LogP contribution >= 0.6 is 0 Å². The summed E-state index contributed by atoms with van der Waals surface area (Å²) in [5.41, 5.74) is 0. The summed E-state index contributed by atoms with van der Waals surface area (Å²) in [5.74, 6) is -1.82. The zero-order valence-electron chi connectivity index (χ0n) is 12.6. The summed E-state index contributed by atoms with van der Waals surface area (Å²) in [6.07, 6.45) is 2.08. The molecule has 1 saturated heterocycles. The van der Waals surface area contributed by atoms with E-state index in [1.807, 2.05) is 0 Å². The van der Waals surface area contributed by atoms with Crippen molar-refractivity contribution in [3.05, 3.63) is 48.2 Å². The van der Waals surface area contributed by atoms with Gasteiger partial charge in [0, 0.05) is 25.4 Å². The van der Waals surface area contributed by atoms with Gasteiger partial charge in [-0.1, -0.05) is 6.07 Å². The van der Waals surface area contributed by atoms with E-state index in [4.69, 9.17) is 4.74 Å². The first-order valence-corrected chi connectivity index (χ1v) is 8.81. The molecule has 0 unspecified atom stereocenters. The van der Waals surface area contributed by atoms with Gasteiger partial charge in [-0.05, 0) is 31.0 Å². The molecule has 1 fully saturated rings. The van der Waals surface area contributed by atoms with Gasteiger partial charge in [-0.15, -0.1) is 5.10 Å². The number of piperidine rings is 1. The normalized spacial score (nSPS) is 16.9. The second kappa shape index (κ2) is 6.78. The van der Waals surface area contributed by atoms with Gasteiger partial charge in [-0.2, -0.15) is 9.40 Å². The molecule has 0 N–H and O–H groups in total. The topological polar surface area (TPSA) is 72.4 Å². The average molecular weight is 355 g/mol. The van der Waals surface area contributed by atoms with E-state index < -0.39 is 26.6 Å². The van der Waals surface area contributed by atoms with E-state index in [-0.39, 0.29) is 19.2 Å². The quantitative estimate of drug-likeness (QED) is 0.839. The Morgan fingerprint density at radius 3 is 2.33 bits per heavy atom. The van der Waals surface area contributed by atoms with Crippen molar-refractivity contribution >= 4 is 10.0 Å². The highest BCUT2D eigenvalue weighted by atomic mass is 32.2. The van der Waals surface area contributed by atoms with Crippen LogP contribution in [-0.4, -0.2) is 42.1 Å². The summed E-state index contributed by atoms with van der Waals surface area (Å²) in [6, 6.07) is 6.33. The lowest BCUT2D eigenvalue weighted by Crippen LogP contribution is -2.42. The molecule has 9 heteroatoms. The highest BCUT2D eigenvalue weighted by molar-refractivity contribution is 7.89. The van der Waals surface area contributed by atoms with Crippen LogP contribution in [0.5, 0.6) is 5.88 Å². The van der Waals surface area contributed by atoms with Crippen molar-refractivity contribution in [1.29, 1.82) is 0 Å². The predicted molar refractivity (Wildman–Crippen MR) is 80.8 cm³/mol. The van der Waals surface area contributed by atoms with E-state index in [0.717, 1.165) is 22.5 Å². The highest BCUT2D eigenvalue weighted by Gasteiger charge is 2.34. The van der Waals surface area contributed by atoms with Gasteiger partial charge in [0.15, 0.2) is 4.90 Å². The van der Waals surface area contributed by atoms with Gasteiger partial charge in [0.1, 0.15) is 17.7 Å². The molecule has 0 saturated carbocycles. The minimum atomic E-state index is -4.22. The molecule has 0 aliphatic carbocycles. The number of aromatic nitrogens is 2. The molecular formula is C15H15F2N3O3S. The fourth-order valence-corrected chi connectivity index (χ4v) is 4.15. The van der Waals surface area contributed by atoms with Crippen LogP contribution in [0.25, 0.3) is 0 Å². The first-order chi connectivity index (χ1) is 11.5. The fraction of sp³-hybridized carbons (Fsp3) is 0.333. The van der Waals surface area contributed by atoms with Crippen molar-refractivity contribution in [2.45, 2.75) is 23.8 Å². The van der Waals surface area contributed by atoms with Crippen LogP contribution in [-0.2, 0) is 10.0 Å². The maximum atomic E-state index is 13.8. The summed E-state index contributed by atoms with van der Waals surface area (Å²) >= 11 is 0. The maximum absolute atomic E-state index is 13.8. The van der Waals surface area contributed by atoms with Crippen molar-refractivity contribution in [2.24, 2.45) is 0 Å². The summed E-state index contributed by atoms with van der Waals surface area (Å²) in [4.78, 5) is -0.904. The van der Waals surface area contributed by atoms with E-state index in [0.29, 0.717) is 18.7 Å². The molecule has 0 radical (unpaired) electrons. The fourth-order valence-electron chi connectivity index (χ4n) is 2.57. The third kappa shape index (κ3) is 3.36. The van der Waals surface area contributed by atoms with Gasteiger partial charge < -0.3 is 4.74 Å². The van der Waals surface area contributed by atoms with Crippen LogP contribution < -0.4 is 4.74 Å². The van der Waals surface area contributed by atoms with E-state index >= 15 is 0 Å². The molecule has 1 aromatic carbocycles. The second-order valence-electron chi connectivity index (χ2n) is 5.33. The Morgan fingerprint density at radius 1 is 1.08 bits per heavy atom. The lowest BCUT2D eigenvalue weighted by atomic mass is 10.1. The lowest BCUT2D eigenvalue weighted by molar-refractivity contribution is 0.128. The molecule has 2 heterocycles. The van der Waals surface area contributed by atoms with Crippen molar-refractivity contribution in [3.63, 3.8) is 0 Å². The van der Waals surface area contributed by atoms with Crippen LogP contribution in [0.1, 0.15) is 12.8 Å². The second-order valence-corrected chi connectivity index (χ2v) is 7.21. The third-order valence-electron chi connectivity index (χ3n) is 3.75. The Kier molecular flexibility index (Phi) is 4.72. The highest BCUT2D eigenvalue weighted by Crippen LogP contribution is 2.26. The van der Waals surface area contributed by atoms with Gasteiger partial charge >= 0.3 is 0 Å². The van der Waals surface area contributed by atoms with Crippen molar-refractivity contribution in [1.82, 2.24) is 14.5 Å². The van der Waals surface area contributed by atoms with Crippen LogP contribution in [0.4, 0.5) is 8.78 Å². The number of hydrogen-bond acceptors (Lipinski definition) is 5. The SMILES string of the molecule is O=S(=O)(c1c(F)cccc1F)N1CCC(Oc2cccnn2)CC1. The van der Waals surface area contributed by atoms with Gasteiger partial charge in [-0.3, -0.25) is 0 Å². The number of rotatable bonds is 4. The molecule has 6 nitrogen and oxygen atoms in total. The Balaban J connectivity index is 1.70. The van der Waals surface area contributed by atoms with E-state index in [2.05, 4.69) is 10.2 Å². The smallest absolute Gasteiger partial charge is 0.248 e. The number of benzene rings is 1. The molecule has 3 rings (SSSR count). The van der Waals surface area contributed by atoms with Gasteiger partial charge in [-0.25, -0.2) is 17.2 Å². The minimum absolute atomic E-state index is 0.112. The molecule has 128 valence electrons. The van der Waals surface area contributed by atoms with Crippen LogP contribution in [0.3, 0.4) is 0 Å². The maximum Gasteiger partial charge on any atom is 0.248 e. The molecule has 0 amide bonds. The lowest BCUT2D eigenvalue weighted by Gasteiger charge is -2.31. The van der Waals surface area contributed by atoms with Gasteiger partial charge in [0.2, 0.25) is 15.9 Å². The molecule has 1 aliphatic heterocycles. The molecule has 1 aromatic heterocycles. The van der Waals surface area contributed by atoms with Crippen molar-refractivity contribution in [2.75, 3.05) is 13.1 Å². The monoisotopic (exact) mass is 355 g/mol. The number of hydrogen-bond donors (Lipinski definition) is 0. The Hall–Kier alpha value is -2.13. The molecule has 2 aromatic rings. The van der Waals surface area contributed by atoms with Crippen LogP contribution in [0.2, 0.25) is 0 Å². The first kappa shape index (κ1) is 16.7. The molecule has 0 bridgehead atoms. The van der Waals surface area contributed by atoms with Gasteiger partial charge in [0.05, 0.1) is 0 Å². The van der Waals surface area contributed by atoms with Crippen LogP contribution in [0.15, 0.2) is 41.4 Å². The minimum Gasteiger partial charge on any atom is -0.473 e. The molecular weight excluding hydrogens is 340 g/mol. The average Bonchev–Trinajstić information content (AvgIpc) is 2.56. The Morgan fingerprint density at radius 2 is 1.75 bits per heavy atom. The largest absolute Gasteiger partial charge is 0.473 e. The standard InChI is InChI=1S/C15H15F2N3O3S/c16-12-3-1-4-13(17)15(12)24(21,22)20-9-6-11(7-10-20)23-14-5-2-8-18-19-14/h1-5,8,11H,6-7,9-10H2. The first-order valence-electron chi connectivity index (χ1n) is 7.37. The van der Waals surface area contributed by atoms with Crippen LogP contribution in [0, 0.1) is 11.6 Å². The molecule has 1 aliphatic rings.